The van der Waals surface area contributed by atoms with E-state index in [4.69, 9.17) is 5.73 Å². The molecule has 1 amide bonds. The molecule has 0 saturated heterocycles. The maximum absolute atomic E-state index is 13.0. The van der Waals surface area contributed by atoms with Crippen molar-refractivity contribution in [1.82, 2.24) is 10.9 Å². The summed E-state index contributed by atoms with van der Waals surface area (Å²) < 4.78 is 26.1. The highest BCUT2D eigenvalue weighted by Gasteiger charge is 2.16. The number of carbonyl (C=O) groups excluding carboxylic acids is 1. The minimum Gasteiger partial charge on any atom is -0.375 e. The molecule has 0 saturated carbocycles. The first-order valence-electron chi connectivity index (χ1n) is 3.82. The summed E-state index contributed by atoms with van der Waals surface area (Å²) in [6.07, 6.45) is 0. The van der Waals surface area contributed by atoms with Crippen molar-refractivity contribution in [3.63, 3.8) is 0 Å². The number of nitrogens with two attached hydrogens (primary N) is 1. The third-order valence-electron chi connectivity index (χ3n) is 1.49. The second kappa shape index (κ2) is 4.65. The van der Waals surface area contributed by atoms with Crippen LogP contribution in [0.1, 0.15) is 10.4 Å². The molecule has 0 heterocycles. The molecule has 0 spiro atoms. The molecule has 15 heavy (non-hydrogen) atoms. The lowest BCUT2D eigenvalue weighted by atomic mass is 10.2. The molecule has 0 fully saturated rings. The molecule has 80 valence electrons. The predicted molar refractivity (Wildman–Crippen MR) is 53.7 cm³/mol. The first kappa shape index (κ1) is 11.3. The Morgan fingerprint density at radius 2 is 1.80 bits per heavy atom. The summed E-state index contributed by atoms with van der Waals surface area (Å²) in [4.78, 5) is 11.2. The zero-order valence-corrected chi connectivity index (χ0v) is 8.20. The van der Waals surface area contributed by atoms with Gasteiger partial charge in [0.05, 0.1) is 0 Å². The van der Waals surface area contributed by atoms with Crippen LogP contribution < -0.4 is 16.6 Å². The molecular weight excluding hydrogens is 224 g/mol. The number of benzene rings is 1. The molecule has 0 atom stereocenters. The molecule has 0 aliphatic heterocycles. The van der Waals surface area contributed by atoms with Crippen molar-refractivity contribution in [3.8, 4) is 0 Å². The van der Waals surface area contributed by atoms with E-state index in [0.29, 0.717) is 0 Å². The summed E-state index contributed by atoms with van der Waals surface area (Å²) in [7, 11) is 0. The van der Waals surface area contributed by atoms with E-state index >= 15 is 0 Å². The lowest BCUT2D eigenvalue weighted by Gasteiger charge is -2.07. The van der Waals surface area contributed by atoms with Crippen LogP contribution in [0.3, 0.4) is 0 Å². The topological polar surface area (TPSA) is 67.2 Å². The van der Waals surface area contributed by atoms with Crippen LogP contribution in [-0.2, 0) is 0 Å². The van der Waals surface area contributed by atoms with Gasteiger partial charge in [-0.2, -0.15) is 0 Å². The highest BCUT2D eigenvalue weighted by Crippen LogP contribution is 2.11. The predicted octanol–water partition coefficient (Wildman–Crippen LogP) is 0.443. The van der Waals surface area contributed by atoms with Crippen LogP contribution in [-0.4, -0.2) is 11.0 Å². The standard InChI is InChI=1S/C8H7F2N3OS/c9-4-2-1-3-5(10)6(4)7(14)12-13-8(11)15/h1-3H,(H,12,14)(H3,11,13,15). The molecule has 0 bridgehead atoms. The highest BCUT2D eigenvalue weighted by molar-refractivity contribution is 7.80. The fraction of sp³-hybridized carbons (Fsp3) is 0. The van der Waals surface area contributed by atoms with Crippen molar-refractivity contribution < 1.29 is 13.6 Å². The summed E-state index contributed by atoms with van der Waals surface area (Å²) in [5.41, 5.74) is 8.34. The van der Waals surface area contributed by atoms with Crippen molar-refractivity contribution in [2.45, 2.75) is 0 Å². The number of rotatable bonds is 1. The van der Waals surface area contributed by atoms with Gasteiger partial charge in [0.25, 0.3) is 5.91 Å². The van der Waals surface area contributed by atoms with Crippen molar-refractivity contribution in [1.29, 1.82) is 0 Å². The van der Waals surface area contributed by atoms with Gasteiger partial charge < -0.3 is 5.73 Å². The molecule has 0 radical (unpaired) electrons. The largest absolute Gasteiger partial charge is 0.375 e. The van der Waals surface area contributed by atoms with E-state index in [2.05, 4.69) is 17.6 Å². The smallest absolute Gasteiger partial charge is 0.275 e. The molecule has 1 aromatic rings. The number of hydrazine groups is 1. The average Bonchev–Trinajstić information content (AvgIpc) is 2.14. The molecule has 0 aliphatic rings. The first-order valence-corrected chi connectivity index (χ1v) is 4.23. The van der Waals surface area contributed by atoms with Crippen molar-refractivity contribution in [2.24, 2.45) is 5.73 Å². The van der Waals surface area contributed by atoms with Gasteiger partial charge in [-0.1, -0.05) is 6.07 Å². The third-order valence-corrected chi connectivity index (χ3v) is 1.59. The summed E-state index contributed by atoms with van der Waals surface area (Å²) in [5.74, 6) is -2.91. The Balaban J connectivity index is 2.86. The third kappa shape index (κ3) is 2.84. The monoisotopic (exact) mass is 231 g/mol. The van der Waals surface area contributed by atoms with Crippen LogP contribution in [0.4, 0.5) is 8.78 Å². The number of carbonyl (C=O) groups is 1. The minimum atomic E-state index is -0.988. The van der Waals surface area contributed by atoms with Gasteiger partial charge in [-0.25, -0.2) is 8.78 Å². The molecule has 0 aliphatic carbocycles. The van der Waals surface area contributed by atoms with Gasteiger partial charge in [0.1, 0.15) is 17.2 Å². The number of nitrogens with one attached hydrogen (secondary N) is 2. The number of thiocarbonyl (C=S) groups is 1. The zero-order valence-electron chi connectivity index (χ0n) is 7.38. The number of hydrogen-bond donors (Lipinski definition) is 3. The van der Waals surface area contributed by atoms with E-state index in [1.807, 2.05) is 5.43 Å². The number of amides is 1. The highest BCUT2D eigenvalue weighted by atomic mass is 32.1. The van der Waals surface area contributed by atoms with Crippen LogP contribution >= 0.6 is 12.2 Å². The van der Waals surface area contributed by atoms with Gasteiger partial charge in [0, 0.05) is 0 Å². The number of halogens is 2. The Morgan fingerprint density at radius 3 is 2.27 bits per heavy atom. The second-order valence-electron chi connectivity index (χ2n) is 2.54. The van der Waals surface area contributed by atoms with Gasteiger partial charge in [-0.3, -0.25) is 15.6 Å². The van der Waals surface area contributed by atoms with Crippen molar-refractivity contribution in [2.75, 3.05) is 0 Å². The molecule has 1 rings (SSSR count). The van der Waals surface area contributed by atoms with Crippen LogP contribution in [0.15, 0.2) is 18.2 Å². The Kier molecular flexibility index (Phi) is 3.51. The van der Waals surface area contributed by atoms with Gasteiger partial charge in [0.15, 0.2) is 5.11 Å². The molecule has 1 aromatic carbocycles. The average molecular weight is 231 g/mol. The lowest BCUT2D eigenvalue weighted by Crippen LogP contribution is -2.44. The van der Waals surface area contributed by atoms with Crippen molar-refractivity contribution >= 4 is 23.2 Å². The van der Waals surface area contributed by atoms with Crippen LogP contribution in [0.5, 0.6) is 0 Å². The molecule has 4 N–H and O–H groups in total. The SMILES string of the molecule is NC(=S)NNC(=O)c1c(F)cccc1F. The Hall–Kier alpha value is -1.76. The summed E-state index contributed by atoms with van der Waals surface area (Å²) >= 11 is 4.39. The molecule has 7 heteroatoms. The van der Waals surface area contributed by atoms with Gasteiger partial charge in [-0.05, 0) is 24.4 Å². The summed E-state index contributed by atoms with van der Waals surface area (Å²) in [6.45, 7) is 0. The summed E-state index contributed by atoms with van der Waals surface area (Å²) in [6, 6.07) is 3.10. The van der Waals surface area contributed by atoms with E-state index in [9.17, 15) is 13.6 Å². The van der Waals surface area contributed by atoms with Gasteiger partial charge >= 0.3 is 0 Å². The fourth-order valence-corrected chi connectivity index (χ4v) is 0.947. The second-order valence-corrected chi connectivity index (χ2v) is 2.98. The van der Waals surface area contributed by atoms with Crippen LogP contribution in [0.2, 0.25) is 0 Å². The zero-order chi connectivity index (χ0) is 11.4. The van der Waals surface area contributed by atoms with Crippen molar-refractivity contribution in [3.05, 3.63) is 35.4 Å². The maximum atomic E-state index is 13.0. The van der Waals surface area contributed by atoms with Gasteiger partial charge in [-0.15, -0.1) is 0 Å². The molecule has 4 nitrogen and oxygen atoms in total. The first-order chi connectivity index (χ1) is 7.02. The molecule has 0 aromatic heterocycles. The van der Waals surface area contributed by atoms with Crippen LogP contribution in [0, 0.1) is 11.6 Å². The summed E-state index contributed by atoms with van der Waals surface area (Å²) in [5, 5.41) is -0.208. The van der Waals surface area contributed by atoms with E-state index in [-0.39, 0.29) is 5.11 Å². The Labute approximate surface area is 89.4 Å². The van der Waals surface area contributed by atoms with E-state index in [1.165, 1.54) is 0 Å². The minimum absolute atomic E-state index is 0.208. The Morgan fingerprint density at radius 1 is 1.27 bits per heavy atom. The molecule has 0 unspecified atom stereocenters. The van der Waals surface area contributed by atoms with Gasteiger partial charge in [0.2, 0.25) is 0 Å². The molecular formula is C8H7F2N3OS. The van der Waals surface area contributed by atoms with E-state index in [1.54, 1.807) is 0 Å². The quantitative estimate of drug-likeness (QED) is 0.484. The van der Waals surface area contributed by atoms with E-state index in [0.717, 1.165) is 18.2 Å². The maximum Gasteiger partial charge on any atom is 0.275 e. The number of hydrogen-bond acceptors (Lipinski definition) is 2. The van der Waals surface area contributed by atoms with E-state index < -0.39 is 23.1 Å². The normalized spacial score (nSPS) is 9.47. The lowest BCUT2D eigenvalue weighted by molar-refractivity contribution is 0.0935. The fourth-order valence-electron chi connectivity index (χ4n) is 0.896. The van der Waals surface area contributed by atoms with Crippen LogP contribution in [0.25, 0.3) is 0 Å². The Bertz CT molecular complexity index is 391.